The highest BCUT2D eigenvalue weighted by Crippen LogP contribution is 2.44. The van der Waals surface area contributed by atoms with Crippen LogP contribution < -0.4 is 15.3 Å². The number of fused-ring (bicyclic) bond motifs is 1. The van der Waals surface area contributed by atoms with Crippen LogP contribution in [0.25, 0.3) is 0 Å². The molecule has 194 valence electrons. The number of rotatable bonds is 6. The van der Waals surface area contributed by atoms with Crippen LogP contribution in [0, 0.1) is 5.92 Å². The molecule has 2 amide bonds. The number of ether oxygens (including phenoxy) is 1. The molecule has 2 aliphatic rings. The SMILES string of the molecule is C[Si](C)(C)c1ncc(C23CN(C(=O)OCc4ccccc4)CC2CSC(NC(=O)c2ccccc2)N3)s1. The fourth-order valence-electron chi connectivity index (χ4n) is 4.76. The standard InChI is InChI=1S/C27H32N4O3S2Si/c1-37(2,3)25-28-14-22(36-25)27-18-31(26(33)34-16-19-10-6-4-7-11-19)15-21(27)17-35-24(30-27)29-23(32)20-12-8-5-9-13-20/h4-14,21,24,30H,15-18H2,1-3H3,(H,29,32). The van der Waals surface area contributed by atoms with Crippen LogP contribution in [0.5, 0.6) is 0 Å². The summed E-state index contributed by atoms with van der Waals surface area (Å²) in [5, 5.41) is 6.88. The summed E-state index contributed by atoms with van der Waals surface area (Å²) < 4.78 is 6.87. The summed E-state index contributed by atoms with van der Waals surface area (Å²) in [6.45, 7) is 8.18. The molecule has 3 heterocycles. The number of carbonyl (C=O) groups is 2. The maximum atomic E-state index is 13.1. The molecule has 2 saturated heterocycles. The third-order valence-corrected chi connectivity index (χ3v) is 12.5. The Bertz CT molecular complexity index is 1250. The number of likely N-dealkylation sites (tertiary alicyclic amines) is 1. The Hall–Kier alpha value is -2.66. The van der Waals surface area contributed by atoms with Gasteiger partial charge in [0.25, 0.3) is 5.91 Å². The van der Waals surface area contributed by atoms with Crippen molar-refractivity contribution in [3.8, 4) is 0 Å². The van der Waals surface area contributed by atoms with Crippen LogP contribution in [0.3, 0.4) is 0 Å². The van der Waals surface area contributed by atoms with Crippen LogP contribution in [0.1, 0.15) is 20.8 Å². The first-order chi connectivity index (χ1) is 17.7. The maximum absolute atomic E-state index is 13.1. The van der Waals surface area contributed by atoms with Gasteiger partial charge in [-0.25, -0.2) is 4.79 Å². The second kappa shape index (κ2) is 10.6. The number of hydrogen-bond acceptors (Lipinski definition) is 7. The number of thiazole rings is 1. The second-order valence-corrected chi connectivity index (χ2v) is 18.1. The van der Waals surface area contributed by atoms with E-state index in [1.54, 1.807) is 28.0 Å². The molecule has 5 rings (SSSR count). The minimum atomic E-state index is -1.60. The van der Waals surface area contributed by atoms with Crippen molar-refractivity contribution >= 4 is 47.8 Å². The van der Waals surface area contributed by atoms with E-state index in [2.05, 4.69) is 30.3 Å². The summed E-state index contributed by atoms with van der Waals surface area (Å²) in [5.74, 6) is 0.847. The molecule has 10 heteroatoms. The molecule has 0 aliphatic carbocycles. The van der Waals surface area contributed by atoms with Gasteiger partial charge in [-0.15, -0.1) is 23.1 Å². The summed E-state index contributed by atoms with van der Waals surface area (Å²) >= 11 is 3.41. The minimum Gasteiger partial charge on any atom is -0.445 e. The fourth-order valence-corrected chi connectivity index (χ4v) is 8.96. The third-order valence-electron chi connectivity index (χ3n) is 6.78. The first-order valence-electron chi connectivity index (χ1n) is 12.4. The van der Waals surface area contributed by atoms with Crippen LogP contribution in [-0.4, -0.2) is 54.3 Å². The molecule has 1 aromatic heterocycles. The molecule has 3 atom stereocenters. The number of nitrogens with one attached hydrogen (secondary N) is 2. The minimum absolute atomic E-state index is 0.122. The highest BCUT2D eigenvalue weighted by atomic mass is 32.2. The highest BCUT2D eigenvalue weighted by molar-refractivity contribution is 7.99. The van der Waals surface area contributed by atoms with Gasteiger partial charge >= 0.3 is 6.09 Å². The molecule has 0 spiro atoms. The third kappa shape index (κ3) is 5.62. The number of nitrogens with zero attached hydrogens (tertiary/aromatic N) is 2. The molecule has 7 nitrogen and oxygen atoms in total. The largest absolute Gasteiger partial charge is 0.445 e. The molecule has 2 aromatic carbocycles. The number of aromatic nitrogens is 1. The number of carbonyl (C=O) groups excluding carboxylic acids is 2. The average Bonchev–Trinajstić information content (AvgIpc) is 3.55. The Morgan fingerprint density at radius 2 is 1.84 bits per heavy atom. The molecule has 0 radical (unpaired) electrons. The van der Waals surface area contributed by atoms with Gasteiger partial charge in [0.15, 0.2) is 0 Å². The van der Waals surface area contributed by atoms with Crippen molar-refractivity contribution in [1.82, 2.24) is 20.5 Å². The number of hydrogen-bond donors (Lipinski definition) is 2. The zero-order valence-electron chi connectivity index (χ0n) is 21.3. The van der Waals surface area contributed by atoms with E-state index in [0.717, 1.165) is 16.2 Å². The number of amides is 2. The van der Waals surface area contributed by atoms with E-state index in [-0.39, 0.29) is 30.0 Å². The molecule has 3 unspecified atom stereocenters. The zero-order chi connectivity index (χ0) is 26.0. The van der Waals surface area contributed by atoms with Crippen molar-refractivity contribution < 1.29 is 14.3 Å². The van der Waals surface area contributed by atoms with Crippen LogP contribution in [0.2, 0.25) is 19.6 Å². The van der Waals surface area contributed by atoms with Crippen molar-refractivity contribution in [2.75, 3.05) is 18.8 Å². The van der Waals surface area contributed by atoms with Gasteiger partial charge in [-0.2, -0.15) is 0 Å². The van der Waals surface area contributed by atoms with E-state index in [9.17, 15) is 9.59 Å². The smallest absolute Gasteiger partial charge is 0.410 e. The van der Waals surface area contributed by atoms with Crippen molar-refractivity contribution in [2.45, 2.75) is 37.3 Å². The van der Waals surface area contributed by atoms with Crippen LogP contribution in [0.15, 0.2) is 66.9 Å². The lowest BCUT2D eigenvalue weighted by Gasteiger charge is -2.42. The lowest BCUT2D eigenvalue weighted by molar-refractivity contribution is 0.0924. The van der Waals surface area contributed by atoms with Crippen molar-refractivity contribution in [3.63, 3.8) is 0 Å². The Morgan fingerprint density at radius 3 is 2.51 bits per heavy atom. The fraction of sp³-hybridized carbons (Fsp3) is 0.370. The Morgan fingerprint density at radius 1 is 1.14 bits per heavy atom. The number of thioether (sulfide) groups is 1. The Labute approximate surface area is 227 Å². The predicted molar refractivity (Wildman–Crippen MR) is 152 cm³/mol. The Balaban J connectivity index is 1.37. The van der Waals surface area contributed by atoms with Crippen molar-refractivity contribution in [3.05, 3.63) is 82.9 Å². The van der Waals surface area contributed by atoms with Gasteiger partial charge in [0.05, 0.1) is 10.2 Å². The maximum Gasteiger partial charge on any atom is 0.410 e. The molecule has 0 saturated carbocycles. The average molecular weight is 553 g/mol. The van der Waals surface area contributed by atoms with Crippen molar-refractivity contribution in [1.29, 1.82) is 0 Å². The molecule has 37 heavy (non-hydrogen) atoms. The van der Waals surface area contributed by atoms with Gasteiger partial charge in [0.1, 0.15) is 20.2 Å². The van der Waals surface area contributed by atoms with Gasteiger partial charge in [-0.1, -0.05) is 68.2 Å². The van der Waals surface area contributed by atoms with Crippen LogP contribution in [-0.2, 0) is 16.9 Å². The summed E-state index contributed by atoms with van der Waals surface area (Å²) in [4.78, 5) is 33.8. The molecule has 2 fully saturated rings. The predicted octanol–water partition coefficient (Wildman–Crippen LogP) is 4.20. The van der Waals surface area contributed by atoms with Crippen LogP contribution in [0.4, 0.5) is 4.79 Å². The van der Waals surface area contributed by atoms with Gasteiger partial charge in [0, 0.05) is 41.4 Å². The van der Waals surface area contributed by atoms with Gasteiger partial charge < -0.3 is 15.0 Å². The van der Waals surface area contributed by atoms with Crippen LogP contribution >= 0.6 is 23.1 Å². The zero-order valence-corrected chi connectivity index (χ0v) is 23.9. The van der Waals surface area contributed by atoms with Gasteiger partial charge in [-0.3, -0.25) is 15.1 Å². The molecule has 2 N–H and O–H groups in total. The van der Waals surface area contributed by atoms with E-state index >= 15 is 0 Å². The summed E-state index contributed by atoms with van der Waals surface area (Å²) in [5.41, 5.74) is 0.794. The number of benzene rings is 2. The first kappa shape index (κ1) is 26.0. The highest BCUT2D eigenvalue weighted by Gasteiger charge is 2.54. The molecule has 2 aliphatic heterocycles. The van der Waals surface area contributed by atoms with E-state index in [1.807, 2.05) is 66.9 Å². The topological polar surface area (TPSA) is 83.6 Å². The van der Waals surface area contributed by atoms with E-state index in [0.29, 0.717) is 18.7 Å². The molecule has 3 aromatic rings. The van der Waals surface area contributed by atoms with E-state index in [4.69, 9.17) is 9.72 Å². The lowest BCUT2D eigenvalue weighted by Crippen LogP contribution is -2.60. The summed E-state index contributed by atoms with van der Waals surface area (Å²) in [7, 11) is -1.60. The first-order valence-corrected chi connectivity index (χ1v) is 17.8. The van der Waals surface area contributed by atoms with Gasteiger partial charge in [0.2, 0.25) is 0 Å². The molecular formula is C27H32N4O3S2Si. The van der Waals surface area contributed by atoms with E-state index in [1.165, 1.54) is 4.63 Å². The summed E-state index contributed by atoms with van der Waals surface area (Å²) in [6.07, 6.45) is 1.66. The van der Waals surface area contributed by atoms with Crippen molar-refractivity contribution in [2.24, 2.45) is 5.92 Å². The normalized spacial score (nSPS) is 23.4. The van der Waals surface area contributed by atoms with Gasteiger partial charge in [-0.05, 0) is 17.7 Å². The molecular weight excluding hydrogens is 521 g/mol. The lowest BCUT2D eigenvalue weighted by atomic mass is 9.87. The Kier molecular flexibility index (Phi) is 7.44. The second-order valence-electron chi connectivity index (χ2n) is 10.6. The van der Waals surface area contributed by atoms with E-state index < -0.39 is 13.6 Å². The summed E-state index contributed by atoms with van der Waals surface area (Å²) in [6, 6.07) is 19.0. The molecule has 0 bridgehead atoms. The quantitative estimate of drug-likeness (QED) is 0.446. The monoisotopic (exact) mass is 552 g/mol.